The van der Waals surface area contributed by atoms with Crippen LogP contribution in [0.3, 0.4) is 0 Å². The lowest BCUT2D eigenvalue weighted by Crippen LogP contribution is -2.50. The van der Waals surface area contributed by atoms with Gasteiger partial charge >= 0.3 is 12.0 Å². The molecule has 0 aromatic heterocycles. The Kier molecular flexibility index (Phi) is 7.97. The SMILES string of the molecule is Cc1c(C(=O)O)cccc1C1CCC(NC(=O)[C@H]2CCCN2C(=O)Nc2ccc(C(C)C)cc2)CC1. The van der Waals surface area contributed by atoms with Gasteiger partial charge in [-0.2, -0.15) is 0 Å². The lowest BCUT2D eigenvalue weighted by atomic mass is 9.79. The number of carboxylic acids is 1. The average Bonchev–Trinajstić information content (AvgIpc) is 3.35. The molecule has 2 fully saturated rings. The molecule has 3 N–H and O–H groups in total. The number of carbonyl (C=O) groups is 3. The number of carbonyl (C=O) groups excluding carboxylic acids is 2. The van der Waals surface area contributed by atoms with Crippen molar-refractivity contribution in [2.45, 2.75) is 83.2 Å². The monoisotopic (exact) mass is 491 g/mol. The Morgan fingerprint density at radius 2 is 1.67 bits per heavy atom. The summed E-state index contributed by atoms with van der Waals surface area (Å²) in [6.45, 7) is 6.71. The zero-order chi connectivity index (χ0) is 25.8. The van der Waals surface area contributed by atoms with Crippen LogP contribution >= 0.6 is 0 Å². The summed E-state index contributed by atoms with van der Waals surface area (Å²) in [4.78, 5) is 39.2. The molecule has 7 nitrogen and oxygen atoms in total. The number of aromatic carboxylic acids is 1. The van der Waals surface area contributed by atoms with E-state index < -0.39 is 12.0 Å². The van der Waals surface area contributed by atoms with Crippen LogP contribution in [-0.2, 0) is 4.79 Å². The van der Waals surface area contributed by atoms with Crippen molar-refractivity contribution in [2.75, 3.05) is 11.9 Å². The van der Waals surface area contributed by atoms with E-state index in [9.17, 15) is 19.5 Å². The first kappa shape index (κ1) is 25.7. The molecule has 2 aliphatic rings. The van der Waals surface area contributed by atoms with Crippen LogP contribution in [0.1, 0.15) is 91.3 Å². The number of rotatable bonds is 6. The number of nitrogens with one attached hydrogen (secondary N) is 2. The lowest BCUT2D eigenvalue weighted by molar-refractivity contribution is -0.125. The number of carboxylic acid groups (broad SMARTS) is 1. The summed E-state index contributed by atoms with van der Waals surface area (Å²) in [7, 11) is 0. The normalized spacial score (nSPS) is 21.9. The summed E-state index contributed by atoms with van der Waals surface area (Å²) in [6, 6.07) is 12.7. The highest BCUT2D eigenvalue weighted by Crippen LogP contribution is 2.35. The smallest absolute Gasteiger partial charge is 0.335 e. The minimum absolute atomic E-state index is 0.0748. The van der Waals surface area contributed by atoms with Crippen LogP contribution < -0.4 is 10.6 Å². The maximum absolute atomic E-state index is 13.1. The van der Waals surface area contributed by atoms with E-state index in [0.29, 0.717) is 30.4 Å². The van der Waals surface area contributed by atoms with Crippen LogP contribution in [-0.4, -0.2) is 46.5 Å². The zero-order valence-corrected chi connectivity index (χ0v) is 21.4. The second-order valence-electron chi connectivity index (χ2n) is 10.4. The summed E-state index contributed by atoms with van der Waals surface area (Å²) in [5.41, 5.74) is 4.24. The lowest BCUT2D eigenvalue weighted by Gasteiger charge is -2.32. The van der Waals surface area contributed by atoms with Crippen LogP contribution in [0.5, 0.6) is 0 Å². The summed E-state index contributed by atoms with van der Waals surface area (Å²) in [5, 5.41) is 15.6. The second kappa shape index (κ2) is 11.1. The van der Waals surface area contributed by atoms with Gasteiger partial charge in [-0.05, 0) is 92.2 Å². The molecule has 192 valence electrons. The molecule has 1 saturated heterocycles. The first-order chi connectivity index (χ1) is 17.2. The fraction of sp³-hybridized carbons (Fsp3) is 0.483. The van der Waals surface area contributed by atoms with Crippen molar-refractivity contribution in [1.82, 2.24) is 10.2 Å². The van der Waals surface area contributed by atoms with Gasteiger partial charge in [-0.15, -0.1) is 0 Å². The van der Waals surface area contributed by atoms with E-state index in [1.54, 1.807) is 11.0 Å². The number of anilines is 1. The molecular weight excluding hydrogens is 454 g/mol. The van der Waals surface area contributed by atoms with Gasteiger partial charge in [-0.25, -0.2) is 9.59 Å². The molecule has 1 aliphatic carbocycles. The largest absolute Gasteiger partial charge is 0.478 e. The molecule has 0 spiro atoms. The van der Waals surface area contributed by atoms with Gasteiger partial charge in [0.25, 0.3) is 0 Å². The molecule has 7 heteroatoms. The van der Waals surface area contributed by atoms with Gasteiger partial charge < -0.3 is 20.6 Å². The van der Waals surface area contributed by atoms with Crippen LogP contribution in [0.15, 0.2) is 42.5 Å². The Hall–Kier alpha value is -3.35. The molecular formula is C29H37N3O4. The minimum atomic E-state index is -0.895. The van der Waals surface area contributed by atoms with Crippen molar-refractivity contribution < 1.29 is 19.5 Å². The van der Waals surface area contributed by atoms with Gasteiger partial charge in [0.2, 0.25) is 5.91 Å². The molecule has 4 rings (SSSR count). The first-order valence-corrected chi connectivity index (χ1v) is 13.1. The Labute approximate surface area is 213 Å². The molecule has 1 atom stereocenters. The predicted molar refractivity (Wildman–Crippen MR) is 141 cm³/mol. The van der Waals surface area contributed by atoms with Crippen molar-refractivity contribution in [3.8, 4) is 0 Å². The molecule has 0 bridgehead atoms. The van der Waals surface area contributed by atoms with E-state index in [2.05, 4.69) is 24.5 Å². The first-order valence-electron chi connectivity index (χ1n) is 13.1. The van der Waals surface area contributed by atoms with Gasteiger partial charge in [-0.3, -0.25) is 4.79 Å². The van der Waals surface area contributed by atoms with E-state index >= 15 is 0 Å². The third kappa shape index (κ3) is 5.72. The number of amides is 3. The van der Waals surface area contributed by atoms with Crippen LogP contribution in [0, 0.1) is 6.92 Å². The van der Waals surface area contributed by atoms with Gasteiger partial charge in [0.1, 0.15) is 6.04 Å². The molecule has 36 heavy (non-hydrogen) atoms. The Bertz CT molecular complexity index is 1100. The van der Waals surface area contributed by atoms with Crippen LogP contribution in [0.4, 0.5) is 10.5 Å². The average molecular weight is 492 g/mol. The van der Waals surface area contributed by atoms with Crippen molar-refractivity contribution >= 4 is 23.6 Å². The maximum Gasteiger partial charge on any atom is 0.335 e. The number of hydrogen-bond acceptors (Lipinski definition) is 3. The molecule has 0 radical (unpaired) electrons. The Morgan fingerprint density at radius 1 is 0.972 bits per heavy atom. The van der Waals surface area contributed by atoms with E-state index in [1.807, 2.05) is 43.3 Å². The Balaban J connectivity index is 1.31. The fourth-order valence-corrected chi connectivity index (χ4v) is 5.60. The number of urea groups is 1. The highest BCUT2D eigenvalue weighted by Gasteiger charge is 2.36. The summed E-state index contributed by atoms with van der Waals surface area (Å²) >= 11 is 0. The number of likely N-dealkylation sites (tertiary alicyclic amines) is 1. The van der Waals surface area contributed by atoms with Crippen LogP contribution in [0.2, 0.25) is 0 Å². The molecule has 0 unspecified atom stereocenters. The molecule has 1 heterocycles. The summed E-state index contributed by atoms with van der Waals surface area (Å²) in [5.74, 6) is -0.248. The van der Waals surface area contributed by atoms with Gasteiger partial charge in [0.05, 0.1) is 5.56 Å². The Morgan fingerprint density at radius 3 is 2.31 bits per heavy atom. The second-order valence-corrected chi connectivity index (χ2v) is 10.4. The third-order valence-electron chi connectivity index (χ3n) is 7.76. The number of benzene rings is 2. The minimum Gasteiger partial charge on any atom is -0.478 e. The molecule has 3 amide bonds. The van der Waals surface area contributed by atoms with Crippen LogP contribution in [0.25, 0.3) is 0 Å². The van der Waals surface area contributed by atoms with E-state index in [1.165, 1.54) is 5.56 Å². The van der Waals surface area contributed by atoms with Gasteiger partial charge in [0, 0.05) is 18.3 Å². The number of nitrogens with zero attached hydrogens (tertiary/aromatic N) is 1. The van der Waals surface area contributed by atoms with Crippen molar-refractivity contribution in [2.24, 2.45) is 0 Å². The third-order valence-corrected chi connectivity index (χ3v) is 7.76. The highest BCUT2D eigenvalue weighted by atomic mass is 16.4. The van der Waals surface area contributed by atoms with E-state index in [0.717, 1.165) is 48.9 Å². The molecule has 2 aromatic carbocycles. The van der Waals surface area contributed by atoms with Crippen molar-refractivity contribution in [3.05, 3.63) is 64.7 Å². The highest BCUT2D eigenvalue weighted by molar-refractivity contribution is 5.94. The molecule has 2 aromatic rings. The molecule has 1 aliphatic heterocycles. The standard InChI is InChI=1S/C29H37N3O4/c1-18(2)20-9-13-23(14-10-20)31-29(36)32-17-5-8-26(32)27(33)30-22-15-11-21(12-16-22)24-6-4-7-25(19(24)3)28(34)35/h4,6-7,9-10,13-14,18,21-22,26H,5,8,11-12,15-17H2,1-3H3,(H,30,33)(H,31,36)(H,34,35)/t21?,22?,26-/m1/s1. The molecule has 1 saturated carbocycles. The quantitative estimate of drug-likeness (QED) is 0.486. The summed E-state index contributed by atoms with van der Waals surface area (Å²) in [6.07, 6.45) is 4.96. The van der Waals surface area contributed by atoms with E-state index in [-0.39, 0.29) is 18.0 Å². The van der Waals surface area contributed by atoms with Crippen molar-refractivity contribution in [1.29, 1.82) is 0 Å². The predicted octanol–water partition coefficient (Wildman–Crippen LogP) is 5.66. The van der Waals surface area contributed by atoms with Gasteiger partial charge in [-0.1, -0.05) is 38.1 Å². The maximum atomic E-state index is 13.1. The van der Waals surface area contributed by atoms with E-state index in [4.69, 9.17) is 0 Å². The summed E-state index contributed by atoms with van der Waals surface area (Å²) < 4.78 is 0. The van der Waals surface area contributed by atoms with Gasteiger partial charge in [0.15, 0.2) is 0 Å². The van der Waals surface area contributed by atoms with Crippen molar-refractivity contribution in [3.63, 3.8) is 0 Å². The fourth-order valence-electron chi connectivity index (χ4n) is 5.60. The number of hydrogen-bond donors (Lipinski definition) is 3. The topological polar surface area (TPSA) is 98.7 Å². The zero-order valence-electron chi connectivity index (χ0n) is 21.4.